The number of anilines is 2. The van der Waals surface area contributed by atoms with Crippen LogP contribution < -0.4 is 10.9 Å². The molecule has 128 valence electrons. The van der Waals surface area contributed by atoms with Crippen LogP contribution in [0.1, 0.15) is 5.56 Å². The van der Waals surface area contributed by atoms with Gasteiger partial charge in [0.05, 0.1) is 5.69 Å². The molecule has 0 fully saturated rings. The van der Waals surface area contributed by atoms with Crippen molar-refractivity contribution in [2.45, 2.75) is 10.6 Å². The summed E-state index contributed by atoms with van der Waals surface area (Å²) in [5.41, 5.74) is 3.16. The summed E-state index contributed by atoms with van der Waals surface area (Å²) in [5, 5.41) is 4.31. The SMILES string of the molecule is O=c1oc2ccccc2c(Nc2ccccc2)c1SCc1ccccc1. The van der Waals surface area contributed by atoms with Crippen LogP contribution in [-0.4, -0.2) is 0 Å². The molecule has 0 saturated carbocycles. The summed E-state index contributed by atoms with van der Waals surface area (Å²) < 4.78 is 5.54. The van der Waals surface area contributed by atoms with Crippen LogP contribution in [0.15, 0.2) is 99.0 Å². The molecule has 3 nitrogen and oxygen atoms in total. The zero-order chi connectivity index (χ0) is 17.8. The fourth-order valence-corrected chi connectivity index (χ4v) is 3.75. The van der Waals surface area contributed by atoms with E-state index in [0.717, 1.165) is 22.3 Å². The Morgan fingerprint density at radius 2 is 1.46 bits per heavy atom. The van der Waals surface area contributed by atoms with Crippen molar-refractivity contribution in [3.8, 4) is 0 Å². The second kappa shape index (κ2) is 7.50. The number of benzene rings is 3. The lowest BCUT2D eigenvalue weighted by molar-refractivity contribution is 0.545. The molecule has 0 amide bonds. The third kappa shape index (κ3) is 3.51. The average Bonchev–Trinajstić information content (AvgIpc) is 2.69. The number of hydrogen-bond donors (Lipinski definition) is 1. The first kappa shape index (κ1) is 16.5. The number of rotatable bonds is 5. The molecule has 3 aromatic carbocycles. The standard InChI is InChI=1S/C22H17NO2S/c24-22-21(26-15-16-9-3-1-4-10-16)20(23-17-11-5-2-6-12-17)18-13-7-8-14-19(18)25-22/h1-14,23H,15H2. The highest BCUT2D eigenvalue weighted by atomic mass is 32.2. The molecule has 0 radical (unpaired) electrons. The number of para-hydroxylation sites is 2. The van der Waals surface area contributed by atoms with Gasteiger partial charge in [-0.1, -0.05) is 60.7 Å². The van der Waals surface area contributed by atoms with Gasteiger partial charge in [0.2, 0.25) is 0 Å². The minimum atomic E-state index is -0.317. The molecule has 0 aliphatic carbocycles. The minimum Gasteiger partial charge on any atom is -0.422 e. The van der Waals surface area contributed by atoms with Gasteiger partial charge in [0, 0.05) is 16.8 Å². The summed E-state index contributed by atoms with van der Waals surface area (Å²) in [5.74, 6) is 0.702. The molecule has 0 unspecified atom stereocenters. The molecule has 0 atom stereocenters. The molecule has 1 aromatic heterocycles. The molecular formula is C22H17NO2S. The minimum absolute atomic E-state index is 0.317. The Bertz CT molecular complexity index is 1080. The van der Waals surface area contributed by atoms with E-state index in [9.17, 15) is 4.79 Å². The van der Waals surface area contributed by atoms with E-state index >= 15 is 0 Å². The van der Waals surface area contributed by atoms with Crippen molar-refractivity contribution in [1.82, 2.24) is 0 Å². The van der Waals surface area contributed by atoms with Crippen molar-refractivity contribution >= 4 is 34.1 Å². The van der Waals surface area contributed by atoms with Crippen LogP contribution in [0.5, 0.6) is 0 Å². The maximum Gasteiger partial charge on any atom is 0.352 e. The highest BCUT2D eigenvalue weighted by molar-refractivity contribution is 7.98. The van der Waals surface area contributed by atoms with E-state index in [4.69, 9.17) is 4.42 Å². The number of thioether (sulfide) groups is 1. The van der Waals surface area contributed by atoms with Crippen molar-refractivity contribution in [1.29, 1.82) is 0 Å². The van der Waals surface area contributed by atoms with Gasteiger partial charge < -0.3 is 9.73 Å². The van der Waals surface area contributed by atoms with Crippen LogP contribution in [0.4, 0.5) is 11.4 Å². The van der Waals surface area contributed by atoms with Crippen LogP contribution in [0, 0.1) is 0 Å². The van der Waals surface area contributed by atoms with E-state index in [1.807, 2.05) is 72.8 Å². The number of fused-ring (bicyclic) bond motifs is 1. The first-order valence-electron chi connectivity index (χ1n) is 8.36. The molecule has 0 saturated heterocycles. The predicted octanol–water partition coefficient (Wildman–Crippen LogP) is 5.83. The van der Waals surface area contributed by atoms with Gasteiger partial charge in [-0.15, -0.1) is 11.8 Å². The van der Waals surface area contributed by atoms with Crippen molar-refractivity contribution < 1.29 is 4.42 Å². The molecule has 26 heavy (non-hydrogen) atoms. The Morgan fingerprint density at radius 3 is 2.23 bits per heavy atom. The maximum atomic E-state index is 12.6. The van der Waals surface area contributed by atoms with E-state index in [1.165, 1.54) is 11.8 Å². The van der Waals surface area contributed by atoms with Gasteiger partial charge >= 0.3 is 5.63 Å². The van der Waals surface area contributed by atoms with Crippen molar-refractivity contribution in [3.63, 3.8) is 0 Å². The summed E-state index contributed by atoms with van der Waals surface area (Å²) in [7, 11) is 0. The Balaban J connectivity index is 1.78. The van der Waals surface area contributed by atoms with Gasteiger partial charge in [-0.2, -0.15) is 0 Å². The van der Waals surface area contributed by atoms with Crippen molar-refractivity contribution in [2.75, 3.05) is 5.32 Å². The second-order valence-electron chi connectivity index (χ2n) is 5.86. The first-order chi connectivity index (χ1) is 12.8. The molecule has 0 bridgehead atoms. The zero-order valence-electron chi connectivity index (χ0n) is 14.0. The number of hydrogen-bond acceptors (Lipinski definition) is 4. The van der Waals surface area contributed by atoms with Gasteiger partial charge in [0.1, 0.15) is 10.5 Å². The monoisotopic (exact) mass is 359 g/mol. The summed E-state index contributed by atoms with van der Waals surface area (Å²) >= 11 is 1.49. The zero-order valence-corrected chi connectivity index (χ0v) is 14.8. The summed E-state index contributed by atoms with van der Waals surface area (Å²) in [6.07, 6.45) is 0. The molecular weight excluding hydrogens is 342 g/mol. The van der Waals surface area contributed by atoms with Crippen LogP contribution in [0.3, 0.4) is 0 Å². The molecule has 0 aliphatic rings. The van der Waals surface area contributed by atoms with E-state index in [2.05, 4.69) is 17.4 Å². The van der Waals surface area contributed by atoms with Crippen molar-refractivity contribution in [2.24, 2.45) is 0 Å². The Kier molecular flexibility index (Phi) is 4.75. The smallest absolute Gasteiger partial charge is 0.352 e. The van der Waals surface area contributed by atoms with Gasteiger partial charge in [0.25, 0.3) is 0 Å². The lowest BCUT2D eigenvalue weighted by Crippen LogP contribution is -2.07. The van der Waals surface area contributed by atoms with Gasteiger partial charge in [0.15, 0.2) is 0 Å². The molecule has 4 aromatic rings. The first-order valence-corrected chi connectivity index (χ1v) is 9.34. The van der Waals surface area contributed by atoms with Gasteiger partial charge in [-0.3, -0.25) is 0 Å². The summed E-state index contributed by atoms with van der Waals surface area (Å²) in [6, 6.07) is 27.6. The van der Waals surface area contributed by atoms with Crippen LogP contribution >= 0.6 is 11.8 Å². The van der Waals surface area contributed by atoms with Crippen molar-refractivity contribution in [3.05, 3.63) is 101 Å². The molecule has 4 heteroatoms. The lowest BCUT2D eigenvalue weighted by atomic mass is 10.2. The largest absolute Gasteiger partial charge is 0.422 e. The Morgan fingerprint density at radius 1 is 0.808 bits per heavy atom. The molecule has 1 heterocycles. The highest BCUT2D eigenvalue weighted by Crippen LogP contribution is 2.35. The molecule has 1 N–H and O–H groups in total. The average molecular weight is 359 g/mol. The van der Waals surface area contributed by atoms with E-state index in [0.29, 0.717) is 16.2 Å². The Labute approximate surface area is 155 Å². The van der Waals surface area contributed by atoms with Gasteiger partial charge in [-0.05, 0) is 29.8 Å². The summed E-state index contributed by atoms with van der Waals surface area (Å²) in [6.45, 7) is 0. The van der Waals surface area contributed by atoms with E-state index in [-0.39, 0.29) is 5.63 Å². The topological polar surface area (TPSA) is 42.2 Å². The summed E-state index contributed by atoms with van der Waals surface area (Å²) in [4.78, 5) is 13.2. The number of nitrogens with one attached hydrogen (secondary N) is 1. The molecule has 0 spiro atoms. The fraction of sp³-hybridized carbons (Fsp3) is 0.0455. The third-order valence-corrected chi connectivity index (χ3v) is 5.18. The van der Waals surface area contributed by atoms with E-state index < -0.39 is 0 Å². The fourth-order valence-electron chi connectivity index (χ4n) is 2.78. The van der Waals surface area contributed by atoms with E-state index in [1.54, 1.807) is 0 Å². The second-order valence-corrected chi connectivity index (χ2v) is 6.84. The Hall–Kier alpha value is -2.98. The molecule has 0 aliphatic heterocycles. The predicted molar refractivity (Wildman–Crippen MR) is 108 cm³/mol. The van der Waals surface area contributed by atoms with Crippen LogP contribution in [0.2, 0.25) is 0 Å². The normalized spacial score (nSPS) is 10.8. The lowest BCUT2D eigenvalue weighted by Gasteiger charge is -2.13. The quantitative estimate of drug-likeness (QED) is 0.360. The third-order valence-electron chi connectivity index (χ3n) is 4.04. The maximum absolute atomic E-state index is 12.6. The van der Waals surface area contributed by atoms with Crippen LogP contribution in [0.25, 0.3) is 11.0 Å². The van der Waals surface area contributed by atoms with Crippen LogP contribution in [-0.2, 0) is 5.75 Å². The molecule has 4 rings (SSSR count). The highest BCUT2D eigenvalue weighted by Gasteiger charge is 2.15. The van der Waals surface area contributed by atoms with Gasteiger partial charge in [-0.25, -0.2) is 4.79 Å².